The molecule has 0 radical (unpaired) electrons. The molecule has 0 N–H and O–H groups in total. The van der Waals surface area contributed by atoms with Crippen LogP contribution in [0.15, 0.2) is 152 Å². The summed E-state index contributed by atoms with van der Waals surface area (Å²) in [6.07, 6.45) is 0. The van der Waals surface area contributed by atoms with Gasteiger partial charge in [-0.15, -0.1) is 0 Å². The summed E-state index contributed by atoms with van der Waals surface area (Å²) in [5.41, 5.74) is 10.7. The van der Waals surface area contributed by atoms with Gasteiger partial charge in [0.1, 0.15) is 12.1 Å². The van der Waals surface area contributed by atoms with Gasteiger partial charge in [-0.1, -0.05) is 84.9 Å². The number of benzene rings is 7. The topological polar surface area (TPSA) is 81.2 Å². The molecule has 9 rings (SSSR count). The summed E-state index contributed by atoms with van der Waals surface area (Å²) in [4.78, 5) is 0. The molecule has 2 heterocycles. The first kappa shape index (κ1) is 28.8. The molecule has 0 amide bonds. The van der Waals surface area contributed by atoms with Gasteiger partial charge in [0.05, 0.1) is 50.5 Å². The molecule has 0 saturated heterocycles. The van der Waals surface area contributed by atoms with Crippen LogP contribution in [0.5, 0.6) is 0 Å². The van der Waals surface area contributed by atoms with Crippen LogP contribution in [0.2, 0.25) is 0 Å². The van der Waals surface area contributed by atoms with E-state index in [2.05, 4.69) is 106 Å². The summed E-state index contributed by atoms with van der Waals surface area (Å²) in [7, 11) is 0. The van der Waals surface area contributed by atoms with Crippen molar-refractivity contribution in [3.8, 4) is 51.8 Å². The van der Waals surface area contributed by atoms with E-state index in [1.54, 1.807) is 0 Å². The minimum Gasteiger partial charge on any atom is -0.309 e. The molecule has 0 aliphatic heterocycles. The average Bonchev–Trinajstić information content (AvgIpc) is 3.70. The molecule has 50 heavy (non-hydrogen) atoms. The second-order valence-corrected chi connectivity index (χ2v) is 12.3. The van der Waals surface area contributed by atoms with Crippen LogP contribution >= 0.6 is 0 Å². The predicted octanol–water partition coefficient (Wildman–Crippen LogP) is 10.8. The Morgan fingerprint density at radius 1 is 0.400 bits per heavy atom. The lowest BCUT2D eigenvalue weighted by molar-refractivity contribution is 1.18. The normalized spacial score (nSPS) is 11.1. The lowest BCUT2D eigenvalue weighted by atomic mass is 9.90. The Morgan fingerprint density at radius 2 is 1.02 bits per heavy atom. The molecule has 0 atom stereocenters. The molecule has 0 saturated carbocycles. The summed E-state index contributed by atoms with van der Waals surface area (Å²) in [5.74, 6) is 0. The van der Waals surface area contributed by atoms with Crippen LogP contribution in [0.25, 0.3) is 77.2 Å². The third kappa shape index (κ3) is 4.31. The van der Waals surface area contributed by atoms with Gasteiger partial charge in [0.2, 0.25) is 0 Å². The van der Waals surface area contributed by atoms with E-state index in [9.17, 15) is 15.8 Å². The Bertz CT molecular complexity index is 2920. The minimum atomic E-state index is 0.323. The number of hydrogen-bond acceptors (Lipinski definition) is 3. The Morgan fingerprint density at radius 3 is 1.70 bits per heavy atom. The first-order chi connectivity index (χ1) is 24.7. The third-order valence-corrected chi connectivity index (χ3v) is 9.62. The van der Waals surface area contributed by atoms with E-state index in [-0.39, 0.29) is 0 Å². The van der Waals surface area contributed by atoms with Crippen molar-refractivity contribution in [3.05, 3.63) is 168 Å². The molecule has 0 aliphatic carbocycles. The maximum absolute atomic E-state index is 10.4. The second-order valence-electron chi connectivity index (χ2n) is 12.3. The maximum Gasteiger partial charge on any atom is 0.101 e. The molecule has 2 aromatic heterocycles. The smallest absolute Gasteiger partial charge is 0.101 e. The summed E-state index contributed by atoms with van der Waals surface area (Å²) in [6.45, 7) is 0. The van der Waals surface area contributed by atoms with Crippen LogP contribution in [0.1, 0.15) is 16.7 Å². The number of nitriles is 3. The highest BCUT2D eigenvalue weighted by Gasteiger charge is 2.20. The molecule has 0 aliphatic rings. The Balaban J connectivity index is 1.27. The van der Waals surface area contributed by atoms with Crippen molar-refractivity contribution in [3.63, 3.8) is 0 Å². The molecule has 0 spiro atoms. The summed E-state index contributed by atoms with van der Waals surface area (Å²) >= 11 is 0. The molecule has 5 heteroatoms. The summed E-state index contributed by atoms with van der Waals surface area (Å²) < 4.78 is 4.47. The van der Waals surface area contributed by atoms with Crippen molar-refractivity contribution >= 4 is 43.6 Å². The van der Waals surface area contributed by atoms with Gasteiger partial charge in [-0.05, 0) is 77.9 Å². The first-order valence-corrected chi connectivity index (χ1v) is 16.3. The number of rotatable bonds is 4. The maximum atomic E-state index is 10.4. The average molecular weight is 636 g/mol. The minimum absolute atomic E-state index is 0.323. The molecule has 0 unspecified atom stereocenters. The van der Waals surface area contributed by atoms with Crippen LogP contribution in [0, 0.1) is 34.0 Å². The zero-order valence-electron chi connectivity index (χ0n) is 26.7. The van der Waals surface area contributed by atoms with Crippen molar-refractivity contribution in [1.29, 1.82) is 15.8 Å². The van der Waals surface area contributed by atoms with E-state index in [1.165, 1.54) is 10.8 Å². The molecule has 230 valence electrons. The summed E-state index contributed by atoms with van der Waals surface area (Å²) in [6, 6.07) is 57.9. The monoisotopic (exact) mass is 635 g/mol. The van der Waals surface area contributed by atoms with E-state index >= 15 is 0 Å². The van der Waals surface area contributed by atoms with Crippen molar-refractivity contribution < 1.29 is 0 Å². The lowest BCUT2D eigenvalue weighted by Crippen LogP contribution is -1.99. The Labute approximate surface area is 287 Å². The van der Waals surface area contributed by atoms with Crippen molar-refractivity contribution in [1.82, 2.24) is 9.13 Å². The fraction of sp³-hybridized carbons (Fsp3) is 0. The van der Waals surface area contributed by atoms with Crippen LogP contribution in [0.4, 0.5) is 0 Å². The fourth-order valence-corrected chi connectivity index (χ4v) is 7.46. The molecule has 9 aromatic rings. The van der Waals surface area contributed by atoms with Crippen molar-refractivity contribution in [2.24, 2.45) is 0 Å². The summed E-state index contributed by atoms with van der Waals surface area (Å²) in [5, 5.41) is 34.8. The molecule has 0 bridgehead atoms. The number of para-hydroxylation sites is 4. The highest BCUT2D eigenvalue weighted by atomic mass is 15.0. The van der Waals surface area contributed by atoms with E-state index < -0.39 is 0 Å². The number of aromatic nitrogens is 2. The zero-order chi connectivity index (χ0) is 33.8. The van der Waals surface area contributed by atoms with Gasteiger partial charge in [0.15, 0.2) is 0 Å². The molecular formula is C45H25N5. The fourth-order valence-electron chi connectivity index (χ4n) is 7.46. The zero-order valence-corrected chi connectivity index (χ0v) is 26.7. The van der Waals surface area contributed by atoms with Crippen molar-refractivity contribution in [2.45, 2.75) is 0 Å². The van der Waals surface area contributed by atoms with Gasteiger partial charge < -0.3 is 9.13 Å². The van der Waals surface area contributed by atoms with Gasteiger partial charge in [0.25, 0.3) is 0 Å². The molecule has 0 fully saturated rings. The predicted molar refractivity (Wildman–Crippen MR) is 200 cm³/mol. The quantitative estimate of drug-likeness (QED) is 0.193. The lowest BCUT2D eigenvalue weighted by Gasteiger charge is -2.17. The van der Waals surface area contributed by atoms with E-state index in [0.717, 1.165) is 60.9 Å². The number of fused-ring (bicyclic) bond motifs is 6. The van der Waals surface area contributed by atoms with Crippen LogP contribution < -0.4 is 0 Å². The molecule has 7 aromatic carbocycles. The molecular weight excluding hydrogens is 611 g/mol. The van der Waals surface area contributed by atoms with E-state index in [4.69, 9.17) is 0 Å². The van der Waals surface area contributed by atoms with Gasteiger partial charge in [0, 0.05) is 38.4 Å². The van der Waals surface area contributed by atoms with E-state index in [1.807, 2.05) is 72.8 Å². The van der Waals surface area contributed by atoms with Crippen LogP contribution in [-0.2, 0) is 0 Å². The SMILES string of the molecule is N#Cc1ccc2c(c1)c1ccccc1n2-c1cccc(-c2cc(-c3ccccc3-n3c4ccccc4c4ccccc43)cc(C#N)c2C#N)c1. The van der Waals surface area contributed by atoms with Crippen LogP contribution in [0.3, 0.4) is 0 Å². The van der Waals surface area contributed by atoms with E-state index in [0.29, 0.717) is 22.3 Å². The number of nitrogens with zero attached hydrogens (tertiary/aromatic N) is 5. The Hall–Kier alpha value is -7.39. The standard InChI is InChI=1S/C45H25N5/c46-26-29-20-21-45-39(22-29)37-15-4-6-17-42(37)49(45)33-11-9-10-30(24-33)38-25-31(23-32(27-47)40(38)28-48)34-12-1-5-16-41(34)50-43-18-7-2-13-35(43)36-14-3-8-19-44(36)50/h1-25H. The third-order valence-electron chi connectivity index (χ3n) is 9.62. The second kappa shape index (κ2) is 11.4. The highest BCUT2D eigenvalue weighted by Crippen LogP contribution is 2.40. The highest BCUT2D eigenvalue weighted by molar-refractivity contribution is 6.11. The Kier molecular flexibility index (Phi) is 6.56. The first-order valence-electron chi connectivity index (χ1n) is 16.3. The van der Waals surface area contributed by atoms with Gasteiger partial charge in [-0.2, -0.15) is 15.8 Å². The van der Waals surface area contributed by atoms with Crippen LogP contribution in [-0.4, -0.2) is 9.13 Å². The molecule has 5 nitrogen and oxygen atoms in total. The number of hydrogen-bond donors (Lipinski definition) is 0. The largest absolute Gasteiger partial charge is 0.309 e. The van der Waals surface area contributed by atoms with Gasteiger partial charge in [-0.25, -0.2) is 0 Å². The van der Waals surface area contributed by atoms with Crippen molar-refractivity contribution in [2.75, 3.05) is 0 Å². The van der Waals surface area contributed by atoms with Gasteiger partial charge in [-0.3, -0.25) is 0 Å². The van der Waals surface area contributed by atoms with Gasteiger partial charge >= 0.3 is 0 Å².